The number of nitrogens with zero attached hydrogens (tertiary/aromatic N) is 3. The summed E-state index contributed by atoms with van der Waals surface area (Å²) in [4.78, 5) is 28.4. The highest BCUT2D eigenvalue weighted by Gasteiger charge is 2.32. The van der Waals surface area contributed by atoms with Crippen LogP contribution in [0.1, 0.15) is 38.5 Å². The van der Waals surface area contributed by atoms with Crippen LogP contribution < -0.4 is 5.32 Å². The molecule has 0 spiro atoms. The van der Waals surface area contributed by atoms with Crippen LogP contribution in [0.5, 0.6) is 0 Å². The molecule has 7 heteroatoms. The molecule has 0 aromatic heterocycles. The van der Waals surface area contributed by atoms with Crippen molar-refractivity contribution in [3.63, 3.8) is 0 Å². The van der Waals surface area contributed by atoms with E-state index in [-0.39, 0.29) is 17.9 Å². The summed E-state index contributed by atoms with van der Waals surface area (Å²) in [5, 5.41) is 12.4. The Balaban J connectivity index is 1.38. The molecule has 0 aromatic rings. The van der Waals surface area contributed by atoms with Crippen LogP contribution in [0.15, 0.2) is 0 Å². The minimum atomic E-state index is -0.280. The Labute approximate surface area is 147 Å². The normalized spacial score (nSPS) is 30.4. The Morgan fingerprint density at radius 1 is 1.17 bits per heavy atom. The summed E-state index contributed by atoms with van der Waals surface area (Å²) in [7, 11) is 0. The summed E-state index contributed by atoms with van der Waals surface area (Å²) in [6.07, 6.45) is 6.03. The number of nitriles is 1. The smallest absolute Gasteiger partial charge is 0.238 e. The molecule has 132 valence electrons. The van der Waals surface area contributed by atoms with Crippen molar-refractivity contribution in [3.05, 3.63) is 0 Å². The number of likely N-dealkylation sites (tertiary alicyclic amines) is 1. The van der Waals surface area contributed by atoms with Gasteiger partial charge in [-0.15, -0.1) is 11.8 Å². The van der Waals surface area contributed by atoms with E-state index in [1.165, 1.54) is 0 Å². The molecular formula is C17H26N4O2S. The molecule has 2 saturated heterocycles. The lowest BCUT2D eigenvalue weighted by Gasteiger charge is -2.31. The summed E-state index contributed by atoms with van der Waals surface area (Å²) in [5.41, 5.74) is 0. The average molecular weight is 350 g/mol. The fourth-order valence-electron chi connectivity index (χ4n) is 3.87. The van der Waals surface area contributed by atoms with Crippen LogP contribution in [0, 0.1) is 17.2 Å². The van der Waals surface area contributed by atoms with Crippen molar-refractivity contribution >= 4 is 23.6 Å². The highest BCUT2D eigenvalue weighted by molar-refractivity contribution is 7.99. The van der Waals surface area contributed by atoms with Crippen LogP contribution >= 0.6 is 11.8 Å². The van der Waals surface area contributed by atoms with Gasteiger partial charge in [0.1, 0.15) is 6.04 Å². The quantitative estimate of drug-likeness (QED) is 0.824. The molecule has 3 aliphatic rings. The van der Waals surface area contributed by atoms with Crippen LogP contribution in [0.3, 0.4) is 0 Å². The molecule has 1 aliphatic carbocycles. The molecule has 1 saturated carbocycles. The third kappa shape index (κ3) is 4.04. The van der Waals surface area contributed by atoms with E-state index >= 15 is 0 Å². The highest BCUT2D eigenvalue weighted by Crippen LogP contribution is 2.27. The molecule has 1 N–H and O–H groups in total. The first kappa shape index (κ1) is 17.6. The fourth-order valence-corrected chi connectivity index (χ4v) is 4.97. The molecule has 2 aliphatic heterocycles. The van der Waals surface area contributed by atoms with Crippen LogP contribution in [0.25, 0.3) is 0 Å². The molecule has 1 atom stereocenters. The maximum Gasteiger partial charge on any atom is 0.238 e. The minimum Gasteiger partial charge on any atom is -0.342 e. The molecule has 6 nitrogen and oxygen atoms in total. The average Bonchev–Trinajstić information content (AvgIpc) is 3.30. The number of thioether (sulfide) groups is 1. The van der Waals surface area contributed by atoms with Crippen molar-refractivity contribution in [3.8, 4) is 6.07 Å². The van der Waals surface area contributed by atoms with Crippen LogP contribution in [-0.4, -0.2) is 65.0 Å². The van der Waals surface area contributed by atoms with Gasteiger partial charge in [-0.25, -0.2) is 0 Å². The third-order valence-corrected chi connectivity index (χ3v) is 6.40. The first-order valence-corrected chi connectivity index (χ1v) is 10.1. The van der Waals surface area contributed by atoms with E-state index in [0.717, 1.165) is 51.6 Å². The van der Waals surface area contributed by atoms with Gasteiger partial charge in [-0.2, -0.15) is 5.26 Å². The van der Waals surface area contributed by atoms with Gasteiger partial charge < -0.3 is 15.1 Å². The maximum absolute atomic E-state index is 12.4. The van der Waals surface area contributed by atoms with E-state index in [9.17, 15) is 9.59 Å². The van der Waals surface area contributed by atoms with Gasteiger partial charge in [0.15, 0.2) is 0 Å². The Morgan fingerprint density at radius 2 is 1.88 bits per heavy atom. The predicted octanol–water partition coefficient (Wildman–Crippen LogP) is 1.18. The topological polar surface area (TPSA) is 76.4 Å². The summed E-state index contributed by atoms with van der Waals surface area (Å²) in [5.74, 6) is 1.87. The second-order valence-corrected chi connectivity index (χ2v) is 7.97. The van der Waals surface area contributed by atoms with E-state index < -0.39 is 0 Å². The van der Waals surface area contributed by atoms with E-state index in [2.05, 4.69) is 11.4 Å². The lowest BCUT2D eigenvalue weighted by molar-refractivity contribution is -0.136. The Morgan fingerprint density at radius 3 is 2.54 bits per heavy atom. The summed E-state index contributed by atoms with van der Waals surface area (Å²) < 4.78 is 0. The molecule has 3 rings (SSSR count). The number of amides is 2. The van der Waals surface area contributed by atoms with Gasteiger partial charge in [-0.1, -0.05) is 0 Å². The van der Waals surface area contributed by atoms with Gasteiger partial charge in [-0.3, -0.25) is 9.59 Å². The van der Waals surface area contributed by atoms with Gasteiger partial charge in [-0.05, 0) is 38.5 Å². The van der Waals surface area contributed by atoms with Gasteiger partial charge in [0.05, 0.1) is 18.5 Å². The fraction of sp³-hybridized carbons (Fsp3) is 0.824. The van der Waals surface area contributed by atoms with Crippen LogP contribution in [0.4, 0.5) is 0 Å². The molecule has 0 unspecified atom stereocenters. The van der Waals surface area contributed by atoms with Crippen molar-refractivity contribution in [2.45, 2.75) is 50.6 Å². The molecule has 0 radical (unpaired) electrons. The molecular weight excluding hydrogens is 324 g/mol. The van der Waals surface area contributed by atoms with Crippen LogP contribution in [0.2, 0.25) is 0 Å². The number of nitrogens with one attached hydrogen (secondary N) is 1. The van der Waals surface area contributed by atoms with Gasteiger partial charge >= 0.3 is 0 Å². The lowest BCUT2D eigenvalue weighted by atomic mass is 9.85. The van der Waals surface area contributed by atoms with E-state index in [0.29, 0.717) is 30.1 Å². The number of hydrogen-bond acceptors (Lipinski definition) is 5. The molecule has 0 bridgehead atoms. The second kappa shape index (κ2) is 8.21. The van der Waals surface area contributed by atoms with E-state index in [1.54, 1.807) is 16.7 Å². The highest BCUT2D eigenvalue weighted by atomic mass is 32.2. The maximum atomic E-state index is 12.4. The van der Waals surface area contributed by atoms with Crippen LogP contribution in [-0.2, 0) is 9.59 Å². The molecule has 24 heavy (non-hydrogen) atoms. The lowest BCUT2D eigenvalue weighted by Crippen LogP contribution is -2.45. The van der Waals surface area contributed by atoms with Crippen molar-refractivity contribution in [1.82, 2.24) is 15.1 Å². The summed E-state index contributed by atoms with van der Waals surface area (Å²) in [6.45, 7) is 2.16. The zero-order valence-corrected chi connectivity index (χ0v) is 14.9. The van der Waals surface area contributed by atoms with E-state index in [4.69, 9.17) is 5.26 Å². The number of carbonyl (C=O) groups excluding carboxylic acids is 2. The summed E-state index contributed by atoms with van der Waals surface area (Å²) >= 11 is 1.63. The van der Waals surface area contributed by atoms with Gasteiger partial charge in [0.25, 0.3) is 0 Å². The summed E-state index contributed by atoms with van der Waals surface area (Å²) in [6, 6.07) is 2.23. The first-order valence-electron chi connectivity index (χ1n) is 8.98. The molecule has 3 fully saturated rings. The number of carbonyl (C=O) groups is 2. The van der Waals surface area contributed by atoms with Crippen molar-refractivity contribution < 1.29 is 9.59 Å². The third-order valence-electron chi connectivity index (χ3n) is 5.39. The van der Waals surface area contributed by atoms with Gasteiger partial charge in [0, 0.05) is 30.8 Å². The van der Waals surface area contributed by atoms with Crippen molar-refractivity contribution in [2.75, 3.05) is 31.3 Å². The second-order valence-electron chi connectivity index (χ2n) is 6.97. The standard InChI is InChI=1S/C17H26N4O2S/c18-9-15-11-24-12-21(15)16(22)10-19-14-5-3-13(4-6-14)17(23)20-7-1-2-8-20/h13-15,19H,1-8,10-12H2/t13?,14?,15-/m1/s1. The predicted molar refractivity (Wildman–Crippen MR) is 93.1 cm³/mol. The molecule has 0 aromatic carbocycles. The Bertz CT molecular complexity index is 507. The first-order chi connectivity index (χ1) is 11.7. The SMILES string of the molecule is N#C[C@@H]1CSCN1C(=O)CNC1CCC(C(=O)N2CCCC2)CC1. The van der Waals surface area contributed by atoms with Crippen molar-refractivity contribution in [1.29, 1.82) is 5.26 Å². The molecule has 2 heterocycles. The van der Waals surface area contributed by atoms with Gasteiger partial charge in [0.2, 0.25) is 11.8 Å². The minimum absolute atomic E-state index is 0.0156. The monoisotopic (exact) mass is 350 g/mol. The van der Waals surface area contributed by atoms with E-state index in [1.807, 2.05) is 4.90 Å². The number of rotatable bonds is 4. The Hall–Kier alpha value is -1.26. The zero-order chi connectivity index (χ0) is 16.9. The zero-order valence-electron chi connectivity index (χ0n) is 14.1. The number of hydrogen-bond donors (Lipinski definition) is 1. The molecule has 2 amide bonds. The van der Waals surface area contributed by atoms with Crippen molar-refractivity contribution in [2.24, 2.45) is 5.92 Å². The largest absolute Gasteiger partial charge is 0.342 e. The Kier molecular flexibility index (Phi) is 6.01.